The first kappa shape index (κ1) is 10.1. The van der Waals surface area contributed by atoms with Gasteiger partial charge in [-0.25, -0.2) is 0 Å². The third-order valence-corrected chi connectivity index (χ3v) is 1.62. The lowest BCUT2D eigenvalue weighted by molar-refractivity contribution is -0.114. The molecule has 0 aliphatic carbocycles. The molecule has 0 fully saturated rings. The van der Waals surface area contributed by atoms with Crippen molar-refractivity contribution in [1.82, 2.24) is 0 Å². The zero-order valence-corrected chi connectivity index (χ0v) is 7.98. The second-order valence-corrected chi connectivity index (χ2v) is 2.89. The summed E-state index contributed by atoms with van der Waals surface area (Å²) in [5, 5.41) is 6.07. The van der Waals surface area contributed by atoms with Crippen LogP contribution in [0.4, 0.5) is 11.4 Å². The molecule has 0 bridgehead atoms. The highest BCUT2D eigenvalue weighted by Crippen LogP contribution is 2.26. The summed E-state index contributed by atoms with van der Waals surface area (Å²) in [7, 11) is 0. The normalized spacial score (nSPS) is 9.00. The molecule has 14 heavy (non-hydrogen) atoms. The summed E-state index contributed by atoms with van der Waals surface area (Å²) in [5.41, 5.74) is 10.3. The van der Waals surface area contributed by atoms with Crippen LogP contribution < -0.4 is 5.32 Å². The molecule has 0 atom stereocenters. The number of nitrogens with one attached hydrogen (secondary N) is 1. The maximum atomic E-state index is 10.8. The van der Waals surface area contributed by atoms with E-state index in [1.54, 1.807) is 12.1 Å². The fourth-order valence-corrected chi connectivity index (χ4v) is 1.07. The second-order valence-electron chi connectivity index (χ2n) is 2.89. The largest absolute Gasteiger partial charge is 0.326 e. The molecule has 1 amide bonds. The van der Waals surface area contributed by atoms with Crippen LogP contribution in [-0.2, 0) is 4.79 Å². The number of benzene rings is 1. The second kappa shape index (κ2) is 4.30. The number of amides is 1. The van der Waals surface area contributed by atoms with E-state index in [0.717, 1.165) is 5.56 Å². The molecule has 0 unspecified atom stereocenters. The number of carbonyl (C=O) groups is 1. The van der Waals surface area contributed by atoms with E-state index in [2.05, 4.69) is 15.3 Å². The minimum Gasteiger partial charge on any atom is -0.326 e. The lowest BCUT2D eigenvalue weighted by Gasteiger charge is -2.05. The quantitative estimate of drug-likeness (QED) is 0.434. The number of hydrogen-bond donors (Lipinski definition) is 1. The van der Waals surface area contributed by atoms with Crippen molar-refractivity contribution in [3.63, 3.8) is 0 Å². The summed E-state index contributed by atoms with van der Waals surface area (Å²) in [5.74, 6) is -0.191. The number of anilines is 1. The van der Waals surface area contributed by atoms with E-state index >= 15 is 0 Å². The van der Waals surface area contributed by atoms with Crippen LogP contribution >= 0.6 is 0 Å². The van der Waals surface area contributed by atoms with Crippen LogP contribution in [0, 0.1) is 6.92 Å². The zero-order chi connectivity index (χ0) is 10.6. The van der Waals surface area contributed by atoms with Gasteiger partial charge in [0.15, 0.2) is 0 Å². The van der Waals surface area contributed by atoms with Gasteiger partial charge in [0.25, 0.3) is 0 Å². The molecule has 1 aromatic rings. The van der Waals surface area contributed by atoms with Crippen LogP contribution in [0.25, 0.3) is 10.4 Å². The molecule has 0 saturated heterocycles. The zero-order valence-electron chi connectivity index (χ0n) is 7.98. The van der Waals surface area contributed by atoms with Gasteiger partial charge in [-0.1, -0.05) is 16.7 Å². The first-order valence-corrected chi connectivity index (χ1v) is 4.07. The number of azide groups is 1. The summed E-state index contributed by atoms with van der Waals surface area (Å²) in [6, 6.07) is 5.26. The third kappa shape index (κ3) is 2.50. The molecule has 1 rings (SSSR count). The molecule has 5 nitrogen and oxygen atoms in total. The van der Waals surface area contributed by atoms with Crippen LogP contribution in [-0.4, -0.2) is 5.91 Å². The first-order chi connectivity index (χ1) is 6.63. The maximum Gasteiger partial charge on any atom is 0.221 e. The Labute approximate surface area is 81.4 Å². The van der Waals surface area contributed by atoms with Gasteiger partial charge in [0.05, 0.1) is 11.4 Å². The van der Waals surface area contributed by atoms with Crippen LogP contribution in [0.1, 0.15) is 12.5 Å². The van der Waals surface area contributed by atoms with Crippen molar-refractivity contribution in [3.05, 3.63) is 34.2 Å². The van der Waals surface area contributed by atoms with Crippen molar-refractivity contribution in [2.45, 2.75) is 13.8 Å². The van der Waals surface area contributed by atoms with Gasteiger partial charge in [-0.15, -0.1) is 0 Å². The van der Waals surface area contributed by atoms with Gasteiger partial charge in [0.2, 0.25) is 5.91 Å². The maximum absolute atomic E-state index is 10.8. The van der Waals surface area contributed by atoms with Crippen molar-refractivity contribution in [1.29, 1.82) is 0 Å². The Balaban J connectivity index is 3.14. The van der Waals surface area contributed by atoms with E-state index in [-0.39, 0.29) is 5.91 Å². The number of hydrogen-bond acceptors (Lipinski definition) is 2. The summed E-state index contributed by atoms with van der Waals surface area (Å²) in [4.78, 5) is 13.5. The molecule has 0 aliphatic heterocycles. The summed E-state index contributed by atoms with van der Waals surface area (Å²) in [6.45, 7) is 3.29. The Bertz CT molecular complexity index is 407. The molecule has 72 valence electrons. The lowest BCUT2D eigenvalue weighted by Crippen LogP contribution is -2.05. The predicted octanol–water partition coefficient (Wildman–Crippen LogP) is 2.90. The number of nitrogens with zero attached hydrogens (tertiary/aromatic N) is 3. The van der Waals surface area contributed by atoms with Crippen molar-refractivity contribution in [3.8, 4) is 0 Å². The van der Waals surface area contributed by atoms with Crippen LogP contribution in [0.3, 0.4) is 0 Å². The standard InChI is InChI=1S/C9H10N4O/c1-6-3-4-8(11-7(2)14)9(5-6)12-13-10/h3-5H,1-2H3,(H,11,14). The van der Waals surface area contributed by atoms with Crippen molar-refractivity contribution in [2.75, 3.05) is 5.32 Å². The molecular formula is C9H10N4O. The molecule has 0 spiro atoms. The third-order valence-electron chi connectivity index (χ3n) is 1.62. The van der Waals surface area contributed by atoms with Crippen LogP contribution in [0.5, 0.6) is 0 Å². The molecule has 0 saturated carbocycles. The lowest BCUT2D eigenvalue weighted by atomic mass is 10.2. The molecule has 0 heterocycles. The molecule has 1 N–H and O–H groups in total. The van der Waals surface area contributed by atoms with E-state index in [1.165, 1.54) is 6.92 Å². The van der Waals surface area contributed by atoms with Crippen molar-refractivity contribution >= 4 is 17.3 Å². The number of carbonyl (C=O) groups excluding carboxylic acids is 1. The summed E-state index contributed by atoms with van der Waals surface area (Å²) >= 11 is 0. The Morgan fingerprint density at radius 3 is 2.86 bits per heavy atom. The van der Waals surface area contributed by atoms with E-state index in [1.807, 2.05) is 13.0 Å². The Kier molecular flexibility index (Phi) is 3.09. The first-order valence-electron chi connectivity index (χ1n) is 4.07. The van der Waals surface area contributed by atoms with E-state index in [4.69, 9.17) is 5.53 Å². The Morgan fingerprint density at radius 2 is 2.29 bits per heavy atom. The molecule has 0 radical (unpaired) electrons. The Morgan fingerprint density at radius 1 is 1.57 bits per heavy atom. The highest BCUT2D eigenvalue weighted by Gasteiger charge is 2.01. The van der Waals surface area contributed by atoms with Gasteiger partial charge < -0.3 is 5.32 Å². The summed E-state index contributed by atoms with van der Waals surface area (Å²) < 4.78 is 0. The Hall–Kier alpha value is -2.00. The predicted molar refractivity (Wildman–Crippen MR) is 54.3 cm³/mol. The van der Waals surface area contributed by atoms with Gasteiger partial charge in [0, 0.05) is 11.8 Å². The van der Waals surface area contributed by atoms with Crippen molar-refractivity contribution < 1.29 is 4.79 Å². The number of rotatable bonds is 2. The van der Waals surface area contributed by atoms with Gasteiger partial charge >= 0.3 is 0 Å². The smallest absolute Gasteiger partial charge is 0.221 e. The molecule has 0 aromatic heterocycles. The van der Waals surface area contributed by atoms with E-state index in [9.17, 15) is 4.79 Å². The highest BCUT2D eigenvalue weighted by atomic mass is 16.1. The minimum atomic E-state index is -0.191. The molecule has 0 aliphatic rings. The van der Waals surface area contributed by atoms with Gasteiger partial charge in [-0.05, 0) is 24.6 Å². The molecule has 5 heteroatoms. The highest BCUT2D eigenvalue weighted by molar-refractivity contribution is 5.92. The molecular weight excluding hydrogens is 180 g/mol. The van der Waals surface area contributed by atoms with Gasteiger partial charge in [-0.3, -0.25) is 4.79 Å². The average molecular weight is 190 g/mol. The SMILES string of the molecule is CC(=O)Nc1ccc(C)cc1N=[N+]=[N-]. The average Bonchev–Trinajstić information content (AvgIpc) is 2.09. The van der Waals surface area contributed by atoms with E-state index in [0.29, 0.717) is 11.4 Å². The van der Waals surface area contributed by atoms with Crippen LogP contribution in [0.2, 0.25) is 0 Å². The van der Waals surface area contributed by atoms with Crippen LogP contribution in [0.15, 0.2) is 23.3 Å². The van der Waals surface area contributed by atoms with E-state index < -0.39 is 0 Å². The topological polar surface area (TPSA) is 77.9 Å². The number of aryl methyl sites for hydroxylation is 1. The molecule has 1 aromatic carbocycles. The fraction of sp³-hybridized carbons (Fsp3) is 0.222. The minimum absolute atomic E-state index is 0.191. The van der Waals surface area contributed by atoms with Crippen molar-refractivity contribution in [2.24, 2.45) is 5.11 Å². The van der Waals surface area contributed by atoms with Gasteiger partial charge in [-0.2, -0.15) is 0 Å². The van der Waals surface area contributed by atoms with Gasteiger partial charge in [0.1, 0.15) is 0 Å². The monoisotopic (exact) mass is 190 g/mol. The summed E-state index contributed by atoms with van der Waals surface area (Å²) in [6.07, 6.45) is 0. The fourth-order valence-electron chi connectivity index (χ4n) is 1.07.